The van der Waals surface area contributed by atoms with Crippen LogP contribution >= 0.6 is 0 Å². The summed E-state index contributed by atoms with van der Waals surface area (Å²) < 4.78 is 5.50. The summed E-state index contributed by atoms with van der Waals surface area (Å²) in [4.78, 5) is 22.4. The topological polar surface area (TPSA) is 78.5 Å². The molecule has 0 aliphatic carbocycles. The van der Waals surface area contributed by atoms with Gasteiger partial charge in [0.15, 0.2) is 0 Å². The van der Waals surface area contributed by atoms with Gasteiger partial charge >= 0.3 is 0 Å². The van der Waals surface area contributed by atoms with E-state index in [0.717, 1.165) is 11.3 Å². The molecule has 5 heteroatoms. The van der Waals surface area contributed by atoms with E-state index in [9.17, 15) is 14.7 Å². The van der Waals surface area contributed by atoms with Crippen LogP contribution in [0.4, 0.5) is 5.69 Å². The molecule has 22 heavy (non-hydrogen) atoms. The number of carboxylic acid groups (broad SMARTS) is 1. The van der Waals surface area contributed by atoms with Crippen LogP contribution in [-0.4, -0.2) is 18.5 Å². The Balaban J connectivity index is 1.79. The number of aromatic carboxylic acids is 1. The Morgan fingerprint density at radius 1 is 1.14 bits per heavy atom. The first-order valence-corrected chi connectivity index (χ1v) is 6.85. The second-order valence-corrected chi connectivity index (χ2v) is 4.83. The maximum Gasteiger partial charge on any atom is 0.227 e. The second-order valence-electron chi connectivity index (χ2n) is 4.83. The van der Waals surface area contributed by atoms with Crippen LogP contribution in [0.2, 0.25) is 0 Å². The minimum Gasteiger partial charge on any atom is -0.545 e. The molecule has 0 aliphatic heterocycles. The third kappa shape index (κ3) is 4.63. The second kappa shape index (κ2) is 7.26. The van der Waals surface area contributed by atoms with Crippen molar-refractivity contribution in [2.75, 3.05) is 11.9 Å². The van der Waals surface area contributed by atoms with Crippen LogP contribution < -0.4 is 15.2 Å². The van der Waals surface area contributed by atoms with Gasteiger partial charge in [0, 0.05) is 5.69 Å². The Bertz CT molecular complexity index is 665. The first-order chi connectivity index (χ1) is 10.5. The normalized spacial score (nSPS) is 10.0. The van der Waals surface area contributed by atoms with E-state index >= 15 is 0 Å². The van der Waals surface area contributed by atoms with Crippen molar-refractivity contribution in [3.8, 4) is 5.75 Å². The lowest BCUT2D eigenvalue weighted by Crippen LogP contribution is -2.22. The molecular formula is C17H16NO4-. The first-order valence-electron chi connectivity index (χ1n) is 6.85. The third-order valence-electron chi connectivity index (χ3n) is 2.99. The van der Waals surface area contributed by atoms with Gasteiger partial charge in [-0.15, -0.1) is 0 Å². The van der Waals surface area contributed by atoms with Gasteiger partial charge in [-0.2, -0.15) is 0 Å². The van der Waals surface area contributed by atoms with Gasteiger partial charge in [0.05, 0.1) is 19.0 Å². The summed E-state index contributed by atoms with van der Waals surface area (Å²) in [6, 6.07) is 13.4. The van der Waals surface area contributed by atoms with E-state index in [-0.39, 0.29) is 24.5 Å². The van der Waals surface area contributed by atoms with Gasteiger partial charge in [0.2, 0.25) is 5.91 Å². The lowest BCUT2D eigenvalue weighted by atomic mass is 10.2. The molecule has 0 bridgehead atoms. The standard InChI is InChI=1S/C17H17NO4/c1-12-3-2-4-15(11-12)22-10-9-16(19)18-14-7-5-13(6-8-14)17(20)21/h2-8,11H,9-10H2,1H3,(H,18,19)(H,20,21)/p-1. The molecule has 1 amide bonds. The first kappa shape index (κ1) is 15.6. The number of ether oxygens (including phenoxy) is 1. The van der Waals surface area contributed by atoms with Gasteiger partial charge in [-0.3, -0.25) is 4.79 Å². The van der Waals surface area contributed by atoms with Crippen LogP contribution in [0.15, 0.2) is 48.5 Å². The van der Waals surface area contributed by atoms with E-state index in [0.29, 0.717) is 5.69 Å². The molecule has 0 spiro atoms. The number of carbonyl (C=O) groups is 2. The third-order valence-corrected chi connectivity index (χ3v) is 2.99. The highest BCUT2D eigenvalue weighted by molar-refractivity contribution is 5.92. The van der Waals surface area contributed by atoms with Gasteiger partial charge < -0.3 is 20.0 Å². The van der Waals surface area contributed by atoms with Crippen LogP contribution in [0.5, 0.6) is 5.75 Å². The molecular weight excluding hydrogens is 282 g/mol. The van der Waals surface area contributed by atoms with E-state index in [1.807, 2.05) is 31.2 Å². The molecule has 0 saturated heterocycles. The van der Waals surface area contributed by atoms with Crippen LogP contribution in [-0.2, 0) is 4.79 Å². The number of aryl methyl sites for hydroxylation is 1. The molecule has 0 heterocycles. The number of hydrogen-bond acceptors (Lipinski definition) is 4. The Hall–Kier alpha value is -2.82. The average molecular weight is 298 g/mol. The van der Waals surface area contributed by atoms with Crippen LogP contribution in [0.25, 0.3) is 0 Å². The SMILES string of the molecule is Cc1cccc(OCCC(=O)Nc2ccc(C(=O)[O-])cc2)c1. The zero-order valence-electron chi connectivity index (χ0n) is 12.2. The highest BCUT2D eigenvalue weighted by atomic mass is 16.5. The fraction of sp³-hybridized carbons (Fsp3) is 0.176. The molecule has 2 aromatic carbocycles. The molecule has 5 nitrogen and oxygen atoms in total. The summed E-state index contributed by atoms with van der Waals surface area (Å²) in [5, 5.41) is 13.3. The van der Waals surface area contributed by atoms with Crippen molar-refractivity contribution in [1.82, 2.24) is 0 Å². The lowest BCUT2D eigenvalue weighted by molar-refractivity contribution is -0.255. The summed E-state index contributed by atoms with van der Waals surface area (Å²) in [5.74, 6) is -0.718. The fourth-order valence-electron chi connectivity index (χ4n) is 1.88. The van der Waals surface area contributed by atoms with Gasteiger partial charge in [-0.25, -0.2) is 0 Å². The summed E-state index contributed by atoms with van der Waals surface area (Å²) in [7, 11) is 0. The average Bonchev–Trinajstić information content (AvgIpc) is 2.48. The number of rotatable bonds is 6. The van der Waals surface area contributed by atoms with Crippen LogP contribution in [0.1, 0.15) is 22.3 Å². The number of amides is 1. The molecule has 2 rings (SSSR count). The summed E-state index contributed by atoms with van der Waals surface area (Å²) in [6.07, 6.45) is 0.205. The maximum atomic E-state index is 11.8. The smallest absolute Gasteiger partial charge is 0.227 e. The van der Waals surface area contributed by atoms with E-state index in [1.54, 1.807) is 0 Å². The molecule has 2 aromatic rings. The van der Waals surface area contributed by atoms with Crippen molar-refractivity contribution >= 4 is 17.6 Å². The molecule has 0 radical (unpaired) electrons. The van der Waals surface area contributed by atoms with Crippen LogP contribution in [0.3, 0.4) is 0 Å². The largest absolute Gasteiger partial charge is 0.545 e. The summed E-state index contributed by atoms with van der Waals surface area (Å²) >= 11 is 0. The van der Waals surface area contributed by atoms with E-state index < -0.39 is 5.97 Å². The summed E-state index contributed by atoms with van der Waals surface area (Å²) in [5.41, 5.74) is 1.70. The van der Waals surface area contributed by atoms with Crippen LogP contribution in [0, 0.1) is 6.92 Å². The number of hydrogen-bond donors (Lipinski definition) is 1. The highest BCUT2D eigenvalue weighted by Gasteiger charge is 2.03. The number of nitrogens with one attached hydrogen (secondary N) is 1. The van der Waals surface area contributed by atoms with Gasteiger partial charge in [-0.1, -0.05) is 24.3 Å². The van der Waals surface area contributed by atoms with Gasteiger partial charge in [0.1, 0.15) is 5.75 Å². The predicted octanol–water partition coefficient (Wildman–Crippen LogP) is 1.77. The van der Waals surface area contributed by atoms with Crippen molar-refractivity contribution in [3.63, 3.8) is 0 Å². The Labute approximate surface area is 128 Å². The lowest BCUT2D eigenvalue weighted by Gasteiger charge is -2.08. The molecule has 1 N–H and O–H groups in total. The molecule has 114 valence electrons. The highest BCUT2D eigenvalue weighted by Crippen LogP contribution is 2.13. The van der Waals surface area contributed by atoms with Crippen molar-refractivity contribution in [3.05, 3.63) is 59.7 Å². The number of anilines is 1. The number of benzene rings is 2. The maximum absolute atomic E-state index is 11.8. The van der Waals surface area contributed by atoms with E-state index in [4.69, 9.17) is 4.74 Å². The quantitative estimate of drug-likeness (QED) is 0.881. The minimum absolute atomic E-state index is 0.0702. The summed E-state index contributed by atoms with van der Waals surface area (Å²) in [6.45, 7) is 2.24. The molecule has 0 unspecified atom stereocenters. The fourth-order valence-corrected chi connectivity index (χ4v) is 1.88. The van der Waals surface area contributed by atoms with E-state index in [2.05, 4.69) is 5.32 Å². The number of carbonyl (C=O) groups excluding carboxylic acids is 2. The van der Waals surface area contributed by atoms with Crippen molar-refractivity contribution in [1.29, 1.82) is 0 Å². The van der Waals surface area contributed by atoms with E-state index in [1.165, 1.54) is 24.3 Å². The van der Waals surface area contributed by atoms with Gasteiger partial charge in [0.25, 0.3) is 0 Å². The molecule has 0 aromatic heterocycles. The monoisotopic (exact) mass is 298 g/mol. The Morgan fingerprint density at radius 2 is 1.86 bits per heavy atom. The molecule has 0 aliphatic rings. The zero-order valence-corrected chi connectivity index (χ0v) is 12.2. The van der Waals surface area contributed by atoms with Gasteiger partial charge in [-0.05, 0) is 42.3 Å². The van der Waals surface area contributed by atoms with Crippen molar-refractivity contribution < 1.29 is 19.4 Å². The molecule has 0 saturated carbocycles. The molecule has 0 fully saturated rings. The minimum atomic E-state index is -1.25. The van der Waals surface area contributed by atoms with Crippen molar-refractivity contribution in [2.45, 2.75) is 13.3 Å². The number of carboxylic acids is 1. The van der Waals surface area contributed by atoms with Crippen molar-refractivity contribution in [2.24, 2.45) is 0 Å². The molecule has 0 atom stereocenters. The predicted molar refractivity (Wildman–Crippen MR) is 80.7 cm³/mol. The zero-order chi connectivity index (χ0) is 15.9. The Kier molecular flexibility index (Phi) is 5.14. The Morgan fingerprint density at radius 3 is 2.50 bits per heavy atom.